The zero-order valence-corrected chi connectivity index (χ0v) is 12.8. The molecule has 0 spiro atoms. The highest BCUT2D eigenvalue weighted by Crippen LogP contribution is 2.30. The van der Waals surface area contributed by atoms with E-state index in [9.17, 15) is 9.59 Å². The Hall–Kier alpha value is -1.56. The first-order valence-corrected chi connectivity index (χ1v) is 7.39. The summed E-state index contributed by atoms with van der Waals surface area (Å²) in [5.74, 6) is -0.404. The van der Waals surface area contributed by atoms with Crippen LogP contribution in [0.15, 0.2) is 22.7 Å². The fourth-order valence-electron chi connectivity index (χ4n) is 1.94. The average molecular weight is 341 g/mol. The van der Waals surface area contributed by atoms with E-state index in [1.54, 1.807) is 17.0 Å². The lowest BCUT2D eigenvalue weighted by atomic mass is 10.2. The Morgan fingerprint density at radius 3 is 2.70 bits per heavy atom. The van der Waals surface area contributed by atoms with E-state index >= 15 is 0 Å². The van der Waals surface area contributed by atoms with Crippen molar-refractivity contribution in [2.45, 2.75) is 19.8 Å². The number of hydrogen-bond donors (Lipinski definition) is 2. The summed E-state index contributed by atoms with van der Waals surface area (Å²) < 4.78 is 0.494. The number of hydrogen-bond acceptors (Lipinski definition) is 2. The summed E-state index contributed by atoms with van der Waals surface area (Å²) in [6.45, 7) is 3.35. The van der Waals surface area contributed by atoms with Gasteiger partial charge in [-0.05, 0) is 59.8 Å². The minimum Gasteiger partial charge on any atom is -0.478 e. The number of carboxylic acid groups (broad SMARTS) is 1. The van der Waals surface area contributed by atoms with Crippen molar-refractivity contribution in [1.29, 1.82) is 0 Å². The van der Waals surface area contributed by atoms with Gasteiger partial charge in [-0.25, -0.2) is 9.59 Å². The fourth-order valence-corrected chi connectivity index (χ4v) is 2.35. The summed E-state index contributed by atoms with van der Waals surface area (Å²) in [5, 5.41) is 11.8. The van der Waals surface area contributed by atoms with Gasteiger partial charge in [-0.1, -0.05) is 0 Å². The van der Waals surface area contributed by atoms with Crippen molar-refractivity contribution in [2.75, 3.05) is 18.4 Å². The Labute approximate surface area is 126 Å². The van der Waals surface area contributed by atoms with Crippen molar-refractivity contribution < 1.29 is 14.7 Å². The third-order valence-corrected chi connectivity index (χ3v) is 3.98. The normalized spacial score (nSPS) is 13.9. The molecule has 1 aromatic rings. The molecule has 20 heavy (non-hydrogen) atoms. The van der Waals surface area contributed by atoms with E-state index < -0.39 is 5.97 Å². The first-order valence-electron chi connectivity index (χ1n) is 6.60. The molecule has 5 nitrogen and oxygen atoms in total. The fraction of sp³-hybridized carbons (Fsp3) is 0.429. The van der Waals surface area contributed by atoms with Crippen LogP contribution in [0.4, 0.5) is 10.5 Å². The van der Waals surface area contributed by atoms with Crippen molar-refractivity contribution in [1.82, 2.24) is 4.90 Å². The molecule has 0 heterocycles. The number of nitrogens with one attached hydrogen (secondary N) is 1. The topological polar surface area (TPSA) is 69.6 Å². The minimum absolute atomic E-state index is 0.132. The number of nitrogens with zero attached hydrogens (tertiary/aromatic N) is 1. The molecule has 2 N–H and O–H groups in total. The van der Waals surface area contributed by atoms with Crippen molar-refractivity contribution >= 4 is 33.6 Å². The van der Waals surface area contributed by atoms with Crippen LogP contribution in [0.3, 0.4) is 0 Å². The summed E-state index contributed by atoms with van der Waals surface area (Å²) in [7, 11) is 0. The Balaban J connectivity index is 2.06. The van der Waals surface area contributed by atoms with Crippen molar-refractivity contribution in [3.63, 3.8) is 0 Å². The highest BCUT2D eigenvalue weighted by atomic mass is 79.9. The van der Waals surface area contributed by atoms with Gasteiger partial charge in [0.25, 0.3) is 0 Å². The van der Waals surface area contributed by atoms with Crippen LogP contribution in [0.1, 0.15) is 30.1 Å². The van der Waals surface area contributed by atoms with E-state index in [4.69, 9.17) is 5.11 Å². The van der Waals surface area contributed by atoms with Crippen LogP contribution in [0, 0.1) is 5.92 Å². The molecule has 0 radical (unpaired) electrons. The molecule has 0 saturated heterocycles. The van der Waals surface area contributed by atoms with Crippen LogP contribution in [0.25, 0.3) is 0 Å². The third kappa shape index (κ3) is 3.72. The number of carbonyl (C=O) groups is 2. The highest BCUT2D eigenvalue weighted by molar-refractivity contribution is 9.10. The Bertz CT molecular complexity index is 529. The number of anilines is 1. The molecule has 1 aliphatic carbocycles. The minimum atomic E-state index is -1.03. The van der Waals surface area contributed by atoms with Gasteiger partial charge in [0.15, 0.2) is 0 Å². The molecule has 0 bridgehead atoms. The Kier molecular flexibility index (Phi) is 4.65. The SMILES string of the molecule is CCN(CC1CC1)C(=O)Nc1ccc(Br)c(C(=O)O)c1. The molecule has 0 unspecified atom stereocenters. The van der Waals surface area contributed by atoms with Crippen LogP contribution >= 0.6 is 15.9 Å². The van der Waals surface area contributed by atoms with Gasteiger partial charge in [-0.2, -0.15) is 0 Å². The second kappa shape index (κ2) is 6.26. The molecule has 1 saturated carbocycles. The van der Waals surface area contributed by atoms with Gasteiger partial charge < -0.3 is 15.3 Å². The van der Waals surface area contributed by atoms with E-state index in [-0.39, 0.29) is 11.6 Å². The van der Waals surface area contributed by atoms with Gasteiger partial charge in [0.2, 0.25) is 0 Å². The number of carbonyl (C=O) groups excluding carboxylic acids is 1. The van der Waals surface area contributed by atoms with E-state index in [1.807, 2.05) is 6.92 Å². The lowest BCUT2D eigenvalue weighted by Gasteiger charge is -2.21. The number of aromatic carboxylic acids is 1. The van der Waals surface area contributed by atoms with Crippen LogP contribution in [-0.2, 0) is 0 Å². The molecular weight excluding hydrogens is 324 g/mol. The van der Waals surface area contributed by atoms with E-state index in [0.717, 1.165) is 6.54 Å². The van der Waals surface area contributed by atoms with Crippen molar-refractivity contribution in [3.05, 3.63) is 28.2 Å². The molecule has 0 atom stereocenters. The predicted octanol–water partition coefficient (Wildman–Crippen LogP) is 3.41. The maximum Gasteiger partial charge on any atom is 0.336 e. The molecule has 0 aliphatic heterocycles. The summed E-state index contributed by atoms with van der Waals surface area (Å²) >= 11 is 3.18. The highest BCUT2D eigenvalue weighted by Gasteiger charge is 2.26. The quantitative estimate of drug-likeness (QED) is 0.862. The maximum atomic E-state index is 12.1. The van der Waals surface area contributed by atoms with Gasteiger partial charge in [0.1, 0.15) is 0 Å². The zero-order valence-electron chi connectivity index (χ0n) is 11.2. The Morgan fingerprint density at radius 1 is 1.45 bits per heavy atom. The van der Waals surface area contributed by atoms with Gasteiger partial charge >= 0.3 is 12.0 Å². The van der Waals surface area contributed by atoms with Crippen molar-refractivity contribution in [2.24, 2.45) is 5.92 Å². The Morgan fingerprint density at radius 2 is 2.15 bits per heavy atom. The molecule has 6 heteroatoms. The number of carboxylic acids is 1. The average Bonchev–Trinajstić information content (AvgIpc) is 3.21. The number of halogens is 1. The molecule has 0 aromatic heterocycles. The largest absolute Gasteiger partial charge is 0.478 e. The van der Waals surface area contributed by atoms with Crippen molar-refractivity contribution in [3.8, 4) is 0 Å². The lowest BCUT2D eigenvalue weighted by Crippen LogP contribution is -2.36. The van der Waals surface area contributed by atoms with Gasteiger partial charge in [-0.15, -0.1) is 0 Å². The number of urea groups is 1. The number of amides is 2. The van der Waals surface area contributed by atoms with Crippen LogP contribution in [-0.4, -0.2) is 35.1 Å². The van der Waals surface area contributed by atoms with Gasteiger partial charge in [-0.3, -0.25) is 0 Å². The van der Waals surface area contributed by atoms with Crippen LogP contribution in [0.2, 0.25) is 0 Å². The molecule has 108 valence electrons. The summed E-state index contributed by atoms with van der Waals surface area (Å²) in [4.78, 5) is 24.9. The summed E-state index contributed by atoms with van der Waals surface area (Å²) in [6.07, 6.45) is 2.37. The second-order valence-corrected chi connectivity index (χ2v) is 5.77. The monoisotopic (exact) mass is 340 g/mol. The van der Waals surface area contributed by atoms with Crippen LogP contribution < -0.4 is 5.32 Å². The van der Waals surface area contributed by atoms with Gasteiger partial charge in [0, 0.05) is 23.2 Å². The molecule has 1 fully saturated rings. The predicted molar refractivity (Wildman–Crippen MR) is 80.1 cm³/mol. The standard InChI is InChI=1S/C14H17BrN2O3/c1-2-17(8-9-3-4-9)14(20)16-10-5-6-12(15)11(7-10)13(18)19/h5-7,9H,2-4,8H2,1H3,(H,16,20)(H,18,19). The zero-order chi connectivity index (χ0) is 14.7. The summed E-state index contributed by atoms with van der Waals surface area (Å²) in [5.41, 5.74) is 0.623. The molecule has 2 amide bonds. The number of benzene rings is 1. The maximum absolute atomic E-state index is 12.1. The van der Waals surface area contributed by atoms with Crippen LogP contribution in [0.5, 0.6) is 0 Å². The molecule has 1 aliphatic rings. The first-order chi connectivity index (χ1) is 9.51. The third-order valence-electron chi connectivity index (χ3n) is 3.29. The van der Waals surface area contributed by atoms with E-state index in [0.29, 0.717) is 22.6 Å². The van der Waals surface area contributed by atoms with Gasteiger partial charge in [0.05, 0.1) is 5.56 Å². The van der Waals surface area contributed by atoms with E-state index in [2.05, 4.69) is 21.2 Å². The summed E-state index contributed by atoms with van der Waals surface area (Å²) in [6, 6.07) is 4.57. The first kappa shape index (κ1) is 14.8. The molecular formula is C14H17BrN2O3. The second-order valence-electron chi connectivity index (χ2n) is 4.91. The lowest BCUT2D eigenvalue weighted by molar-refractivity contribution is 0.0696. The number of rotatable bonds is 5. The van der Waals surface area contributed by atoms with E-state index in [1.165, 1.54) is 18.9 Å². The smallest absolute Gasteiger partial charge is 0.336 e. The molecule has 2 rings (SSSR count). The molecule has 1 aromatic carbocycles.